The van der Waals surface area contributed by atoms with Crippen molar-refractivity contribution >= 4 is 38.5 Å². The van der Waals surface area contributed by atoms with E-state index in [-0.39, 0.29) is 4.90 Å². The lowest BCUT2D eigenvalue weighted by Crippen LogP contribution is -2.11. The number of benzene rings is 3. The predicted molar refractivity (Wildman–Crippen MR) is 115 cm³/mol. The number of aromatic nitrogens is 2. The lowest BCUT2D eigenvalue weighted by Gasteiger charge is -2.08. The number of anilines is 2. The third-order valence-corrected chi connectivity index (χ3v) is 5.43. The summed E-state index contributed by atoms with van der Waals surface area (Å²) < 4.78 is 22.7. The van der Waals surface area contributed by atoms with Gasteiger partial charge in [-0.05, 0) is 53.6 Å². The van der Waals surface area contributed by atoms with E-state index in [1.807, 2.05) is 24.3 Å². The highest BCUT2D eigenvalue weighted by Gasteiger charge is 2.09. The summed E-state index contributed by atoms with van der Waals surface area (Å²) in [7, 11) is -3.75. The molecule has 1 amide bonds. The van der Waals surface area contributed by atoms with Gasteiger partial charge in [0.25, 0.3) is 0 Å². The summed E-state index contributed by atoms with van der Waals surface area (Å²) in [4.78, 5) is 20.3. The molecule has 0 fully saturated rings. The largest absolute Gasteiger partial charge is 0.366 e. The quantitative estimate of drug-likeness (QED) is 0.454. The molecule has 1 heterocycles. The highest BCUT2D eigenvalue weighted by Crippen LogP contribution is 2.25. The monoisotopic (exact) mass is 419 g/mol. The number of amides is 1. The van der Waals surface area contributed by atoms with Crippen molar-refractivity contribution in [3.8, 4) is 11.1 Å². The molecule has 150 valence electrons. The average Bonchev–Trinajstić information content (AvgIpc) is 2.73. The van der Waals surface area contributed by atoms with Crippen LogP contribution in [0.25, 0.3) is 22.0 Å². The Kier molecular flexibility index (Phi) is 4.90. The first kappa shape index (κ1) is 19.5. The number of fused-ring (bicyclic) bond motifs is 1. The number of carbonyl (C=O) groups is 1. The topological polar surface area (TPSA) is 141 Å². The Labute approximate surface area is 172 Å². The summed E-state index contributed by atoms with van der Waals surface area (Å²) in [6, 6.07) is 18.8. The Bertz CT molecular complexity index is 1370. The number of nitrogens with one attached hydrogen (secondary N) is 1. The van der Waals surface area contributed by atoms with Gasteiger partial charge in [-0.2, -0.15) is 0 Å². The molecule has 5 N–H and O–H groups in total. The Balaban J connectivity index is 1.65. The minimum absolute atomic E-state index is 0.0234. The second kappa shape index (κ2) is 7.54. The van der Waals surface area contributed by atoms with Gasteiger partial charge in [0.05, 0.1) is 10.4 Å². The lowest BCUT2D eigenvalue weighted by molar-refractivity contribution is 0.100. The number of hydrogen-bond donors (Lipinski definition) is 3. The third kappa shape index (κ3) is 4.12. The summed E-state index contributed by atoms with van der Waals surface area (Å²) in [6.07, 6.45) is 1.69. The fourth-order valence-electron chi connectivity index (χ4n) is 2.97. The van der Waals surface area contributed by atoms with Gasteiger partial charge in [0, 0.05) is 22.8 Å². The second-order valence-corrected chi connectivity index (χ2v) is 8.17. The Morgan fingerprint density at radius 3 is 2.37 bits per heavy atom. The van der Waals surface area contributed by atoms with E-state index in [0.29, 0.717) is 22.7 Å². The molecule has 0 bridgehead atoms. The fourth-order valence-corrected chi connectivity index (χ4v) is 3.49. The van der Waals surface area contributed by atoms with Crippen molar-refractivity contribution in [1.82, 2.24) is 9.97 Å². The van der Waals surface area contributed by atoms with E-state index in [1.54, 1.807) is 36.5 Å². The maximum Gasteiger partial charge on any atom is 0.248 e. The number of nitrogens with zero attached hydrogens (tertiary/aromatic N) is 2. The van der Waals surface area contributed by atoms with Crippen molar-refractivity contribution in [2.75, 3.05) is 5.32 Å². The molecule has 9 heteroatoms. The summed E-state index contributed by atoms with van der Waals surface area (Å²) in [5.41, 5.74) is 8.85. The summed E-state index contributed by atoms with van der Waals surface area (Å²) in [5, 5.41) is 9.00. The number of primary amides is 1. The molecule has 30 heavy (non-hydrogen) atoms. The van der Waals surface area contributed by atoms with Gasteiger partial charge in [0.2, 0.25) is 21.9 Å². The molecule has 0 saturated carbocycles. The first-order chi connectivity index (χ1) is 14.3. The van der Waals surface area contributed by atoms with Gasteiger partial charge in [-0.1, -0.05) is 24.3 Å². The van der Waals surface area contributed by atoms with Crippen LogP contribution in [0, 0.1) is 0 Å². The molecule has 0 aliphatic carbocycles. The van der Waals surface area contributed by atoms with Gasteiger partial charge in [-0.15, -0.1) is 0 Å². The van der Waals surface area contributed by atoms with E-state index in [1.165, 1.54) is 12.1 Å². The van der Waals surface area contributed by atoms with Crippen LogP contribution in [0.2, 0.25) is 0 Å². The van der Waals surface area contributed by atoms with Crippen molar-refractivity contribution in [2.24, 2.45) is 10.9 Å². The standard InChI is InChI=1S/C21H17N5O3S/c22-20(27)15-3-1-2-13(10-15)14-4-5-16-12-24-21(26-19(16)11-14)25-17-6-8-18(9-7-17)30(23,28)29/h1-12H,(H2,22,27)(H2,23,28,29)(H,24,25,26). The average molecular weight is 419 g/mol. The van der Waals surface area contributed by atoms with E-state index in [9.17, 15) is 13.2 Å². The van der Waals surface area contributed by atoms with E-state index < -0.39 is 15.9 Å². The number of rotatable bonds is 5. The van der Waals surface area contributed by atoms with E-state index >= 15 is 0 Å². The van der Waals surface area contributed by atoms with Crippen molar-refractivity contribution in [3.05, 3.63) is 78.5 Å². The van der Waals surface area contributed by atoms with Gasteiger partial charge >= 0.3 is 0 Å². The predicted octanol–water partition coefficient (Wildman–Crippen LogP) is 2.79. The summed E-state index contributed by atoms with van der Waals surface area (Å²) >= 11 is 0. The number of hydrogen-bond acceptors (Lipinski definition) is 6. The summed E-state index contributed by atoms with van der Waals surface area (Å²) in [5.74, 6) is -0.131. The molecule has 0 aliphatic rings. The number of nitrogens with two attached hydrogens (primary N) is 2. The van der Waals surface area contributed by atoms with Crippen molar-refractivity contribution < 1.29 is 13.2 Å². The highest BCUT2D eigenvalue weighted by molar-refractivity contribution is 7.89. The van der Waals surface area contributed by atoms with Crippen LogP contribution in [0.3, 0.4) is 0 Å². The smallest absolute Gasteiger partial charge is 0.248 e. The van der Waals surface area contributed by atoms with Crippen LogP contribution in [0.1, 0.15) is 10.4 Å². The molecule has 0 saturated heterocycles. The third-order valence-electron chi connectivity index (χ3n) is 4.50. The molecule has 8 nitrogen and oxygen atoms in total. The maximum absolute atomic E-state index is 11.4. The second-order valence-electron chi connectivity index (χ2n) is 6.61. The minimum Gasteiger partial charge on any atom is -0.366 e. The molecule has 4 aromatic rings. The normalized spacial score (nSPS) is 11.4. The van der Waals surface area contributed by atoms with Crippen LogP contribution in [0.15, 0.2) is 77.8 Å². The zero-order valence-electron chi connectivity index (χ0n) is 15.6. The zero-order valence-corrected chi connectivity index (χ0v) is 16.4. The van der Waals surface area contributed by atoms with Crippen LogP contribution < -0.4 is 16.2 Å². The molecular weight excluding hydrogens is 402 g/mol. The molecule has 3 aromatic carbocycles. The van der Waals surface area contributed by atoms with E-state index in [4.69, 9.17) is 10.9 Å². The van der Waals surface area contributed by atoms with Crippen molar-refractivity contribution in [3.63, 3.8) is 0 Å². The minimum atomic E-state index is -3.75. The van der Waals surface area contributed by atoms with Gasteiger partial charge < -0.3 is 11.1 Å². The van der Waals surface area contributed by atoms with Crippen molar-refractivity contribution in [2.45, 2.75) is 4.90 Å². The van der Waals surface area contributed by atoms with Crippen molar-refractivity contribution in [1.29, 1.82) is 0 Å². The Hall–Kier alpha value is -3.82. The fraction of sp³-hybridized carbons (Fsp3) is 0. The highest BCUT2D eigenvalue weighted by atomic mass is 32.2. The molecule has 0 unspecified atom stereocenters. The van der Waals surface area contributed by atoms with E-state index in [2.05, 4.69) is 15.3 Å². The van der Waals surface area contributed by atoms with Gasteiger partial charge in [-0.3, -0.25) is 4.79 Å². The summed E-state index contributed by atoms with van der Waals surface area (Å²) in [6.45, 7) is 0. The first-order valence-corrected chi connectivity index (χ1v) is 10.4. The molecular formula is C21H17N5O3S. The molecule has 4 rings (SSSR count). The zero-order chi connectivity index (χ0) is 21.3. The Morgan fingerprint density at radius 2 is 1.67 bits per heavy atom. The number of carbonyl (C=O) groups excluding carboxylic acids is 1. The number of primary sulfonamides is 1. The van der Waals surface area contributed by atoms with Gasteiger partial charge in [-0.25, -0.2) is 23.5 Å². The van der Waals surface area contributed by atoms with Crippen LogP contribution in [-0.2, 0) is 10.0 Å². The molecule has 0 atom stereocenters. The Morgan fingerprint density at radius 1 is 0.933 bits per heavy atom. The van der Waals surface area contributed by atoms with Crippen LogP contribution >= 0.6 is 0 Å². The first-order valence-electron chi connectivity index (χ1n) is 8.86. The van der Waals surface area contributed by atoms with E-state index in [0.717, 1.165) is 16.5 Å². The molecule has 0 spiro atoms. The van der Waals surface area contributed by atoms with Crippen LogP contribution in [-0.4, -0.2) is 24.3 Å². The lowest BCUT2D eigenvalue weighted by atomic mass is 10.0. The van der Waals surface area contributed by atoms with Gasteiger partial charge in [0.1, 0.15) is 0 Å². The SMILES string of the molecule is NC(=O)c1cccc(-c2ccc3cnc(Nc4ccc(S(N)(=O)=O)cc4)nc3c2)c1. The maximum atomic E-state index is 11.4. The molecule has 0 aliphatic heterocycles. The van der Waals surface area contributed by atoms with Gasteiger partial charge in [0.15, 0.2) is 0 Å². The molecule has 0 radical (unpaired) electrons. The van der Waals surface area contributed by atoms with Crippen LogP contribution in [0.5, 0.6) is 0 Å². The molecule has 1 aromatic heterocycles. The number of sulfonamides is 1. The van der Waals surface area contributed by atoms with Crippen LogP contribution in [0.4, 0.5) is 11.6 Å².